The summed E-state index contributed by atoms with van der Waals surface area (Å²) in [5, 5.41) is 13.6. The Morgan fingerprint density at radius 3 is 2.56 bits per heavy atom. The number of methoxy groups -OCH3 is 1. The molecule has 8 nitrogen and oxygen atoms in total. The summed E-state index contributed by atoms with van der Waals surface area (Å²) in [6.45, 7) is 2.51. The zero-order valence-electron chi connectivity index (χ0n) is 13.9. The first kappa shape index (κ1) is 18.1. The summed E-state index contributed by atoms with van der Waals surface area (Å²) in [5.41, 5.74) is 6.60. The van der Waals surface area contributed by atoms with Gasteiger partial charge in [0.2, 0.25) is 0 Å². The maximum Gasteiger partial charge on any atom is 0.312 e. The molecule has 0 aromatic heterocycles. The Kier molecular flexibility index (Phi) is 5.78. The van der Waals surface area contributed by atoms with Crippen LogP contribution in [-0.2, 0) is 0 Å². The first-order valence-electron chi connectivity index (χ1n) is 7.62. The van der Waals surface area contributed by atoms with Crippen LogP contribution in [0.5, 0.6) is 11.5 Å². The van der Waals surface area contributed by atoms with E-state index < -0.39 is 10.8 Å². The number of amides is 1. The van der Waals surface area contributed by atoms with E-state index in [2.05, 4.69) is 5.32 Å². The number of nitro benzene ring substituents is 1. The van der Waals surface area contributed by atoms with Crippen LogP contribution < -0.4 is 20.5 Å². The molecule has 0 saturated carbocycles. The Morgan fingerprint density at radius 2 is 1.96 bits per heavy atom. The monoisotopic (exact) mass is 345 g/mol. The fraction of sp³-hybridized carbons (Fsp3) is 0.235. The molecular weight excluding hydrogens is 326 g/mol. The summed E-state index contributed by atoms with van der Waals surface area (Å²) in [7, 11) is 1.34. The van der Waals surface area contributed by atoms with Crippen molar-refractivity contribution in [1.29, 1.82) is 0 Å². The minimum Gasteiger partial charge on any atom is -0.491 e. The van der Waals surface area contributed by atoms with Gasteiger partial charge in [0.15, 0.2) is 5.75 Å². The molecule has 0 spiro atoms. The Balaban J connectivity index is 2.18. The molecule has 0 aliphatic heterocycles. The second-order valence-corrected chi connectivity index (χ2v) is 5.20. The Labute approximate surface area is 144 Å². The summed E-state index contributed by atoms with van der Waals surface area (Å²) in [5.74, 6) is 0.191. The first-order valence-corrected chi connectivity index (χ1v) is 7.62. The number of hydrogen-bond donors (Lipinski definition) is 2. The molecule has 0 saturated heterocycles. The standard InChI is InChI=1S/C17H19N3O5/c1-3-8-25-15-6-4-11(9-13(15)18)17(21)19-12-5-7-16(24-2)14(10-12)20(22)23/h4-7,9-10H,3,8,18H2,1-2H3,(H,19,21). The molecule has 8 heteroatoms. The molecular formula is C17H19N3O5. The smallest absolute Gasteiger partial charge is 0.312 e. The van der Waals surface area contributed by atoms with Crippen molar-refractivity contribution >= 4 is 23.0 Å². The minimum absolute atomic E-state index is 0.115. The number of nitrogen functional groups attached to an aromatic ring is 1. The SMILES string of the molecule is CCCOc1ccc(C(=O)Nc2ccc(OC)c([N+](=O)[O-])c2)cc1N. The molecule has 2 aromatic rings. The number of nitro groups is 1. The molecule has 2 rings (SSSR count). The maximum atomic E-state index is 12.3. The van der Waals surface area contributed by atoms with E-state index in [9.17, 15) is 14.9 Å². The summed E-state index contributed by atoms with van der Waals surface area (Å²) in [4.78, 5) is 22.8. The zero-order chi connectivity index (χ0) is 18.4. The number of carbonyl (C=O) groups is 1. The van der Waals surface area contributed by atoms with Crippen LogP contribution >= 0.6 is 0 Å². The predicted octanol–water partition coefficient (Wildman–Crippen LogP) is 3.23. The van der Waals surface area contributed by atoms with Crippen molar-refractivity contribution in [3.8, 4) is 11.5 Å². The third-order valence-electron chi connectivity index (χ3n) is 3.37. The number of nitrogens with one attached hydrogen (secondary N) is 1. The maximum absolute atomic E-state index is 12.3. The van der Waals surface area contributed by atoms with Crippen LogP contribution in [0.4, 0.5) is 17.1 Å². The van der Waals surface area contributed by atoms with Crippen molar-refractivity contribution in [3.63, 3.8) is 0 Å². The molecule has 0 fully saturated rings. The van der Waals surface area contributed by atoms with Crippen molar-refractivity contribution in [2.45, 2.75) is 13.3 Å². The van der Waals surface area contributed by atoms with Gasteiger partial charge in [-0.1, -0.05) is 6.92 Å². The minimum atomic E-state index is -0.577. The van der Waals surface area contributed by atoms with Gasteiger partial charge in [-0.05, 0) is 36.8 Å². The highest BCUT2D eigenvalue weighted by molar-refractivity contribution is 6.05. The summed E-state index contributed by atoms with van der Waals surface area (Å²) in [6.07, 6.45) is 0.845. The Hall–Kier alpha value is -3.29. The summed E-state index contributed by atoms with van der Waals surface area (Å²) >= 11 is 0. The zero-order valence-corrected chi connectivity index (χ0v) is 13.9. The molecule has 1 amide bonds. The lowest BCUT2D eigenvalue weighted by Gasteiger charge is -2.10. The molecule has 132 valence electrons. The average Bonchev–Trinajstić information content (AvgIpc) is 2.60. The molecule has 0 bridgehead atoms. The van der Waals surface area contributed by atoms with Gasteiger partial charge in [0.25, 0.3) is 5.91 Å². The summed E-state index contributed by atoms with van der Waals surface area (Å²) in [6, 6.07) is 8.87. The molecule has 0 radical (unpaired) electrons. The predicted molar refractivity (Wildman–Crippen MR) is 94.2 cm³/mol. The van der Waals surface area contributed by atoms with Crippen LogP contribution in [0.1, 0.15) is 23.7 Å². The van der Waals surface area contributed by atoms with Crippen LogP contribution in [-0.4, -0.2) is 24.5 Å². The van der Waals surface area contributed by atoms with Gasteiger partial charge >= 0.3 is 5.69 Å². The number of nitrogens with two attached hydrogens (primary N) is 1. The van der Waals surface area contributed by atoms with Gasteiger partial charge in [0.05, 0.1) is 24.3 Å². The first-order chi connectivity index (χ1) is 12.0. The molecule has 0 aliphatic carbocycles. The van der Waals surface area contributed by atoms with Gasteiger partial charge in [-0.2, -0.15) is 0 Å². The van der Waals surface area contributed by atoms with E-state index in [0.717, 1.165) is 6.42 Å². The lowest BCUT2D eigenvalue weighted by Crippen LogP contribution is -2.13. The van der Waals surface area contributed by atoms with Crippen LogP contribution in [0.25, 0.3) is 0 Å². The number of nitrogens with zero attached hydrogens (tertiary/aromatic N) is 1. The highest BCUT2D eigenvalue weighted by Crippen LogP contribution is 2.30. The number of ether oxygens (including phenoxy) is 2. The molecule has 0 aliphatic rings. The third kappa shape index (κ3) is 4.37. The van der Waals surface area contributed by atoms with Gasteiger partial charge in [-0.3, -0.25) is 14.9 Å². The van der Waals surface area contributed by atoms with Gasteiger partial charge in [-0.15, -0.1) is 0 Å². The van der Waals surface area contributed by atoms with Crippen molar-refractivity contribution in [2.24, 2.45) is 0 Å². The Morgan fingerprint density at radius 1 is 1.24 bits per heavy atom. The van der Waals surface area contributed by atoms with Crippen LogP contribution in [0.2, 0.25) is 0 Å². The molecule has 0 atom stereocenters. The number of carbonyl (C=O) groups excluding carboxylic acids is 1. The van der Waals surface area contributed by atoms with E-state index >= 15 is 0 Å². The van der Waals surface area contributed by atoms with E-state index in [-0.39, 0.29) is 17.1 Å². The second kappa shape index (κ2) is 8.00. The Bertz CT molecular complexity index is 792. The van der Waals surface area contributed by atoms with E-state index in [4.69, 9.17) is 15.2 Å². The highest BCUT2D eigenvalue weighted by Gasteiger charge is 2.17. The van der Waals surface area contributed by atoms with E-state index in [1.165, 1.54) is 31.4 Å². The second-order valence-electron chi connectivity index (χ2n) is 5.20. The lowest BCUT2D eigenvalue weighted by molar-refractivity contribution is -0.385. The number of benzene rings is 2. The van der Waals surface area contributed by atoms with Gasteiger partial charge in [-0.25, -0.2) is 0 Å². The van der Waals surface area contributed by atoms with Crippen molar-refractivity contribution in [2.75, 3.05) is 24.8 Å². The van der Waals surface area contributed by atoms with Crippen LogP contribution in [0.3, 0.4) is 0 Å². The topological polar surface area (TPSA) is 117 Å². The molecule has 2 aromatic carbocycles. The van der Waals surface area contributed by atoms with E-state index in [0.29, 0.717) is 23.6 Å². The third-order valence-corrected chi connectivity index (χ3v) is 3.37. The van der Waals surface area contributed by atoms with Gasteiger partial charge < -0.3 is 20.5 Å². The summed E-state index contributed by atoms with van der Waals surface area (Å²) < 4.78 is 10.4. The fourth-order valence-electron chi connectivity index (χ4n) is 2.15. The van der Waals surface area contributed by atoms with E-state index in [1.807, 2.05) is 6.92 Å². The van der Waals surface area contributed by atoms with Gasteiger partial charge in [0.1, 0.15) is 5.75 Å². The van der Waals surface area contributed by atoms with Crippen molar-refractivity contribution < 1.29 is 19.2 Å². The number of anilines is 2. The molecule has 25 heavy (non-hydrogen) atoms. The van der Waals surface area contributed by atoms with Crippen molar-refractivity contribution in [3.05, 3.63) is 52.1 Å². The highest BCUT2D eigenvalue weighted by atomic mass is 16.6. The van der Waals surface area contributed by atoms with Crippen LogP contribution in [0, 0.1) is 10.1 Å². The van der Waals surface area contributed by atoms with Gasteiger partial charge in [0, 0.05) is 17.3 Å². The molecule has 3 N–H and O–H groups in total. The number of hydrogen-bond acceptors (Lipinski definition) is 6. The fourth-order valence-corrected chi connectivity index (χ4v) is 2.15. The average molecular weight is 345 g/mol. The quantitative estimate of drug-likeness (QED) is 0.452. The molecule has 0 heterocycles. The normalized spacial score (nSPS) is 10.2. The number of rotatable bonds is 7. The molecule has 0 unspecified atom stereocenters. The van der Waals surface area contributed by atoms with Crippen LogP contribution in [0.15, 0.2) is 36.4 Å². The largest absolute Gasteiger partial charge is 0.491 e. The van der Waals surface area contributed by atoms with E-state index in [1.54, 1.807) is 12.1 Å². The lowest BCUT2D eigenvalue weighted by atomic mass is 10.1. The van der Waals surface area contributed by atoms with Crippen molar-refractivity contribution in [1.82, 2.24) is 0 Å².